The quantitative estimate of drug-likeness (QED) is 0.917. The summed E-state index contributed by atoms with van der Waals surface area (Å²) in [6.45, 7) is 6.60. The molecule has 3 nitrogen and oxygen atoms in total. The maximum Gasteiger partial charge on any atom is 0.255 e. The molecule has 1 aromatic heterocycles. The summed E-state index contributed by atoms with van der Waals surface area (Å²) in [5.74, 6) is 0. The second-order valence-electron chi connectivity index (χ2n) is 4.87. The summed E-state index contributed by atoms with van der Waals surface area (Å²) in [4.78, 5) is 12.4. The first-order chi connectivity index (χ1) is 9.04. The molecule has 1 aromatic carbocycles. The molecule has 2 aromatic rings. The minimum absolute atomic E-state index is 0.00979. The molecule has 1 atom stereocenters. The summed E-state index contributed by atoms with van der Waals surface area (Å²) in [5.41, 5.74) is 10.0. The molecule has 0 aliphatic carbocycles. The Morgan fingerprint density at radius 3 is 2.32 bits per heavy atom. The lowest BCUT2D eigenvalue weighted by atomic mass is 9.99. The fraction of sp³-hybridized carbons (Fsp3) is 0.312. The van der Waals surface area contributed by atoms with Crippen molar-refractivity contribution in [3.8, 4) is 0 Å². The van der Waals surface area contributed by atoms with Crippen LogP contribution in [-0.2, 0) is 6.54 Å². The number of pyridine rings is 1. The van der Waals surface area contributed by atoms with Gasteiger partial charge in [-0.3, -0.25) is 4.79 Å². The van der Waals surface area contributed by atoms with E-state index in [1.54, 1.807) is 4.57 Å². The van der Waals surface area contributed by atoms with Crippen LogP contribution >= 0.6 is 0 Å². The fourth-order valence-corrected chi connectivity index (χ4v) is 2.27. The van der Waals surface area contributed by atoms with Crippen molar-refractivity contribution in [2.45, 2.75) is 33.4 Å². The Labute approximate surface area is 113 Å². The minimum Gasteiger partial charge on any atom is -0.320 e. The van der Waals surface area contributed by atoms with Gasteiger partial charge in [0.05, 0.1) is 6.04 Å². The lowest BCUT2D eigenvalue weighted by molar-refractivity contribution is 0.678. The maximum atomic E-state index is 12.4. The second kappa shape index (κ2) is 5.41. The number of nitrogens with two attached hydrogens (primary N) is 1. The van der Waals surface area contributed by atoms with E-state index in [-0.39, 0.29) is 11.6 Å². The van der Waals surface area contributed by atoms with E-state index in [1.165, 1.54) is 5.56 Å². The van der Waals surface area contributed by atoms with Crippen LogP contribution in [0.25, 0.3) is 0 Å². The molecule has 0 fully saturated rings. The first-order valence-corrected chi connectivity index (χ1v) is 6.57. The number of rotatable bonds is 3. The van der Waals surface area contributed by atoms with Gasteiger partial charge in [-0.25, -0.2) is 0 Å². The topological polar surface area (TPSA) is 48.0 Å². The van der Waals surface area contributed by atoms with Crippen molar-refractivity contribution in [3.05, 3.63) is 69.1 Å². The van der Waals surface area contributed by atoms with E-state index in [0.717, 1.165) is 11.3 Å². The molecule has 0 saturated carbocycles. The SMILES string of the molecule is CCn1c(C)ccc(C(N)c2ccc(C)cc2)c1=O. The van der Waals surface area contributed by atoms with Crippen LogP contribution in [0.3, 0.4) is 0 Å². The minimum atomic E-state index is -0.369. The lowest BCUT2D eigenvalue weighted by Gasteiger charge is -2.15. The molecule has 19 heavy (non-hydrogen) atoms. The molecule has 0 radical (unpaired) electrons. The van der Waals surface area contributed by atoms with E-state index in [4.69, 9.17) is 5.73 Å². The Bertz CT molecular complexity index is 626. The third kappa shape index (κ3) is 2.61. The molecule has 0 spiro atoms. The van der Waals surface area contributed by atoms with Gasteiger partial charge in [0.1, 0.15) is 0 Å². The Kier molecular flexibility index (Phi) is 3.86. The standard InChI is InChI=1S/C16H20N2O/c1-4-18-12(3)7-10-14(16(18)19)15(17)13-8-5-11(2)6-9-13/h5-10,15H,4,17H2,1-3H3. The predicted molar refractivity (Wildman–Crippen MR) is 78.3 cm³/mol. The summed E-state index contributed by atoms with van der Waals surface area (Å²) in [6.07, 6.45) is 0. The third-order valence-corrected chi connectivity index (χ3v) is 3.51. The second-order valence-corrected chi connectivity index (χ2v) is 4.87. The Morgan fingerprint density at radius 1 is 1.11 bits per heavy atom. The van der Waals surface area contributed by atoms with Gasteiger partial charge >= 0.3 is 0 Å². The molecule has 3 heteroatoms. The summed E-state index contributed by atoms with van der Waals surface area (Å²) >= 11 is 0. The number of aryl methyl sites for hydroxylation is 2. The van der Waals surface area contributed by atoms with Crippen LogP contribution < -0.4 is 11.3 Å². The summed E-state index contributed by atoms with van der Waals surface area (Å²) < 4.78 is 1.75. The molecular formula is C16H20N2O. The van der Waals surface area contributed by atoms with Crippen LogP contribution in [0.15, 0.2) is 41.2 Å². The van der Waals surface area contributed by atoms with Crippen molar-refractivity contribution < 1.29 is 0 Å². The van der Waals surface area contributed by atoms with Crippen LogP contribution in [0.2, 0.25) is 0 Å². The molecule has 2 rings (SSSR count). The zero-order chi connectivity index (χ0) is 14.0. The molecule has 1 unspecified atom stereocenters. The van der Waals surface area contributed by atoms with Crippen molar-refractivity contribution in [2.75, 3.05) is 0 Å². The fourth-order valence-electron chi connectivity index (χ4n) is 2.27. The highest BCUT2D eigenvalue weighted by Crippen LogP contribution is 2.17. The van der Waals surface area contributed by atoms with Gasteiger partial charge in [-0.15, -0.1) is 0 Å². The van der Waals surface area contributed by atoms with Crippen LogP contribution in [-0.4, -0.2) is 4.57 Å². The summed E-state index contributed by atoms with van der Waals surface area (Å²) in [6, 6.07) is 11.4. The molecule has 0 amide bonds. The number of nitrogens with zero attached hydrogens (tertiary/aromatic N) is 1. The van der Waals surface area contributed by atoms with E-state index in [2.05, 4.69) is 0 Å². The molecule has 100 valence electrons. The van der Waals surface area contributed by atoms with Gasteiger partial charge in [0.15, 0.2) is 0 Å². The summed E-state index contributed by atoms with van der Waals surface area (Å²) in [7, 11) is 0. The molecule has 2 N–H and O–H groups in total. The highest BCUT2D eigenvalue weighted by molar-refractivity contribution is 5.32. The Morgan fingerprint density at radius 2 is 1.74 bits per heavy atom. The van der Waals surface area contributed by atoms with Gasteiger partial charge in [-0.2, -0.15) is 0 Å². The highest BCUT2D eigenvalue weighted by Gasteiger charge is 2.14. The van der Waals surface area contributed by atoms with Gasteiger partial charge in [0, 0.05) is 17.8 Å². The van der Waals surface area contributed by atoms with Crippen LogP contribution in [0, 0.1) is 13.8 Å². The van der Waals surface area contributed by atoms with Gasteiger partial charge in [-0.1, -0.05) is 29.8 Å². The van der Waals surface area contributed by atoms with Crippen LogP contribution in [0.1, 0.15) is 35.3 Å². The normalized spacial score (nSPS) is 12.4. The van der Waals surface area contributed by atoms with E-state index in [1.807, 2.05) is 57.2 Å². The van der Waals surface area contributed by atoms with Crippen LogP contribution in [0.4, 0.5) is 0 Å². The number of hydrogen-bond acceptors (Lipinski definition) is 2. The van der Waals surface area contributed by atoms with Crippen molar-refractivity contribution >= 4 is 0 Å². The Balaban J connectivity index is 2.47. The molecular weight excluding hydrogens is 236 g/mol. The predicted octanol–water partition coefficient (Wildman–Crippen LogP) is 2.53. The largest absolute Gasteiger partial charge is 0.320 e. The van der Waals surface area contributed by atoms with Gasteiger partial charge < -0.3 is 10.3 Å². The van der Waals surface area contributed by atoms with Crippen LogP contribution in [0.5, 0.6) is 0 Å². The Hall–Kier alpha value is -1.87. The molecule has 0 aliphatic rings. The van der Waals surface area contributed by atoms with Gasteiger partial charge in [0.25, 0.3) is 5.56 Å². The number of hydrogen-bond donors (Lipinski definition) is 1. The van der Waals surface area contributed by atoms with E-state index >= 15 is 0 Å². The highest BCUT2D eigenvalue weighted by atomic mass is 16.1. The zero-order valence-electron chi connectivity index (χ0n) is 11.7. The van der Waals surface area contributed by atoms with Gasteiger partial charge in [0.2, 0.25) is 0 Å². The smallest absolute Gasteiger partial charge is 0.255 e. The van der Waals surface area contributed by atoms with E-state index in [0.29, 0.717) is 12.1 Å². The lowest BCUT2D eigenvalue weighted by Crippen LogP contribution is -2.29. The maximum absolute atomic E-state index is 12.4. The first kappa shape index (κ1) is 13.6. The zero-order valence-corrected chi connectivity index (χ0v) is 11.7. The number of aromatic nitrogens is 1. The number of benzene rings is 1. The third-order valence-electron chi connectivity index (χ3n) is 3.51. The van der Waals surface area contributed by atoms with Crippen molar-refractivity contribution in [3.63, 3.8) is 0 Å². The van der Waals surface area contributed by atoms with E-state index < -0.39 is 0 Å². The van der Waals surface area contributed by atoms with Crippen molar-refractivity contribution in [1.82, 2.24) is 4.57 Å². The average molecular weight is 256 g/mol. The van der Waals surface area contributed by atoms with Gasteiger partial charge in [-0.05, 0) is 38.5 Å². The molecule has 1 heterocycles. The summed E-state index contributed by atoms with van der Waals surface area (Å²) in [5, 5.41) is 0. The monoisotopic (exact) mass is 256 g/mol. The van der Waals surface area contributed by atoms with Crippen molar-refractivity contribution in [2.24, 2.45) is 5.73 Å². The van der Waals surface area contributed by atoms with Crippen molar-refractivity contribution in [1.29, 1.82) is 0 Å². The average Bonchev–Trinajstić information content (AvgIpc) is 2.39. The molecule has 0 saturated heterocycles. The van der Waals surface area contributed by atoms with E-state index in [9.17, 15) is 4.79 Å². The first-order valence-electron chi connectivity index (χ1n) is 6.57. The molecule has 0 bridgehead atoms. The molecule has 0 aliphatic heterocycles.